The zero-order valence-corrected chi connectivity index (χ0v) is 20.1. The highest BCUT2D eigenvalue weighted by Crippen LogP contribution is 2.37. The molecule has 0 radical (unpaired) electrons. The number of carbonyl (C=O) groups excluding carboxylic acids is 2. The fourth-order valence-electron chi connectivity index (χ4n) is 4.55. The van der Waals surface area contributed by atoms with Crippen LogP contribution in [0.2, 0.25) is 0 Å². The van der Waals surface area contributed by atoms with Crippen LogP contribution in [0.4, 0.5) is 5.69 Å². The number of hydrogen-bond donors (Lipinski definition) is 0. The molecule has 174 valence electrons. The van der Waals surface area contributed by atoms with Crippen LogP contribution in [0.1, 0.15) is 43.9 Å². The maximum atomic E-state index is 13.8. The minimum Gasteiger partial charge on any atom is -0.494 e. The summed E-state index contributed by atoms with van der Waals surface area (Å²) in [6.45, 7) is 11.7. The third-order valence-electron chi connectivity index (χ3n) is 6.02. The van der Waals surface area contributed by atoms with Crippen LogP contribution in [0, 0.1) is 13.8 Å². The average molecular weight is 449 g/mol. The van der Waals surface area contributed by atoms with Crippen LogP contribution in [0.3, 0.4) is 0 Å². The van der Waals surface area contributed by atoms with E-state index >= 15 is 0 Å². The Morgan fingerprint density at radius 2 is 1.64 bits per heavy atom. The maximum absolute atomic E-state index is 13.8. The molecule has 1 fully saturated rings. The van der Waals surface area contributed by atoms with Gasteiger partial charge in [0.05, 0.1) is 30.1 Å². The second-order valence-electron chi connectivity index (χ2n) is 8.99. The van der Waals surface area contributed by atoms with Gasteiger partial charge < -0.3 is 14.4 Å². The summed E-state index contributed by atoms with van der Waals surface area (Å²) >= 11 is 0. The van der Waals surface area contributed by atoms with Crippen LogP contribution in [0.5, 0.6) is 5.75 Å². The minimum absolute atomic E-state index is 0.0371. The summed E-state index contributed by atoms with van der Waals surface area (Å²) in [5, 5.41) is 0. The molecule has 2 atom stereocenters. The fourth-order valence-corrected chi connectivity index (χ4v) is 4.55. The number of ether oxygens (including phenoxy) is 2. The van der Waals surface area contributed by atoms with E-state index in [1.54, 1.807) is 0 Å². The number of benzene rings is 2. The molecule has 0 aromatic heterocycles. The van der Waals surface area contributed by atoms with Gasteiger partial charge in [-0.3, -0.25) is 9.59 Å². The number of carbonyl (C=O) groups is 2. The van der Waals surface area contributed by atoms with E-state index in [2.05, 4.69) is 6.92 Å². The molecule has 0 N–H and O–H groups in total. The van der Waals surface area contributed by atoms with Crippen molar-refractivity contribution in [3.05, 3.63) is 64.9 Å². The van der Waals surface area contributed by atoms with Gasteiger partial charge in [-0.15, -0.1) is 0 Å². The molecule has 33 heavy (non-hydrogen) atoms. The van der Waals surface area contributed by atoms with E-state index in [1.165, 1.54) is 4.90 Å². The van der Waals surface area contributed by atoms with Crippen LogP contribution in [-0.4, -0.2) is 48.6 Å². The van der Waals surface area contributed by atoms with Crippen LogP contribution < -0.4 is 9.64 Å². The van der Waals surface area contributed by atoms with Crippen LogP contribution >= 0.6 is 0 Å². The third kappa shape index (κ3) is 4.53. The highest BCUT2D eigenvalue weighted by molar-refractivity contribution is 6.45. The monoisotopic (exact) mass is 448 g/mol. The van der Waals surface area contributed by atoms with Crippen molar-refractivity contribution in [2.45, 2.75) is 53.2 Å². The van der Waals surface area contributed by atoms with Crippen molar-refractivity contribution in [1.29, 1.82) is 0 Å². The molecule has 2 aliphatic heterocycles. The molecule has 2 amide bonds. The summed E-state index contributed by atoms with van der Waals surface area (Å²) in [5.74, 6) is 0.175. The first-order valence-electron chi connectivity index (χ1n) is 11.6. The SMILES string of the molecule is CCCOc1ccc(C2=C(N3CC(C)OC(C)C3)C(=O)N(c3cc(C)ccc3C)C2=O)cc1. The third-order valence-corrected chi connectivity index (χ3v) is 6.02. The largest absolute Gasteiger partial charge is 0.494 e. The molecule has 0 aliphatic carbocycles. The van der Waals surface area contributed by atoms with Gasteiger partial charge in [-0.2, -0.15) is 0 Å². The lowest BCUT2D eigenvalue weighted by Crippen LogP contribution is -2.47. The Morgan fingerprint density at radius 1 is 0.970 bits per heavy atom. The summed E-state index contributed by atoms with van der Waals surface area (Å²) in [5.41, 5.74) is 4.11. The van der Waals surface area contributed by atoms with Gasteiger partial charge in [0.2, 0.25) is 0 Å². The number of hydrogen-bond acceptors (Lipinski definition) is 5. The molecular weight excluding hydrogens is 416 g/mol. The predicted molar refractivity (Wildman–Crippen MR) is 129 cm³/mol. The normalized spacial score (nSPS) is 21.2. The zero-order chi connectivity index (χ0) is 23.7. The predicted octanol–water partition coefficient (Wildman–Crippen LogP) is 4.49. The van der Waals surface area contributed by atoms with Crippen molar-refractivity contribution in [3.63, 3.8) is 0 Å². The van der Waals surface area contributed by atoms with E-state index in [0.29, 0.717) is 42.2 Å². The highest BCUT2D eigenvalue weighted by atomic mass is 16.5. The van der Waals surface area contributed by atoms with Gasteiger partial charge in [-0.05, 0) is 69.0 Å². The molecule has 2 unspecified atom stereocenters. The smallest absolute Gasteiger partial charge is 0.282 e. The maximum Gasteiger partial charge on any atom is 0.282 e. The van der Waals surface area contributed by atoms with Crippen LogP contribution in [0.15, 0.2) is 48.2 Å². The summed E-state index contributed by atoms with van der Waals surface area (Å²) in [7, 11) is 0. The number of anilines is 1. The molecule has 2 aromatic rings. The van der Waals surface area contributed by atoms with E-state index in [-0.39, 0.29) is 24.0 Å². The highest BCUT2D eigenvalue weighted by Gasteiger charge is 2.44. The Morgan fingerprint density at radius 3 is 2.27 bits per heavy atom. The molecule has 2 heterocycles. The van der Waals surface area contributed by atoms with E-state index in [4.69, 9.17) is 9.47 Å². The Hall–Kier alpha value is -3.12. The quantitative estimate of drug-likeness (QED) is 0.610. The Labute approximate surface area is 195 Å². The molecule has 0 bridgehead atoms. The summed E-state index contributed by atoms with van der Waals surface area (Å²) in [4.78, 5) is 31.0. The van der Waals surface area contributed by atoms with E-state index in [0.717, 1.165) is 23.3 Å². The number of imide groups is 1. The Balaban J connectivity index is 1.80. The lowest BCUT2D eigenvalue weighted by molar-refractivity contribution is -0.121. The zero-order valence-electron chi connectivity index (χ0n) is 20.1. The second-order valence-corrected chi connectivity index (χ2v) is 8.99. The van der Waals surface area contributed by atoms with Crippen molar-refractivity contribution in [1.82, 2.24) is 4.90 Å². The van der Waals surface area contributed by atoms with Gasteiger partial charge in [0.25, 0.3) is 11.8 Å². The van der Waals surface area contributed by atoms with Crippen molar-refractivity contribution in [2.75, 3.05) is 24.6 Å². The lowest BCUT2D eigenvalue weighted by Gasteiger charge is -2.37. The molecule has 6 nitrogen and oxygen atoms in total. The van der Waals surface area contributed by atoms with Gasteiger partial charge in [-0.1, -0.05) is 31.2 Å². The van der Waals surface area contributed by atoms with Crippen molar-refractivity contribution >= 4 is 23.1 Å². The Bertz CT molecular complexity index is 1080. The lowest BCUT2D eigenvalue weighted by atomic mass is 10.0. The molecule has 2 aliphatic rings. The summed E-state index contributed by atoms with van der Waals surface area (Å²) in [6.07, 6.45) is 0.845. The van der Waals surface area contributed by atoms with E-state index < -0.39 is 0 Å². The van der Waals surface area contributed by atoms with Crippen molar-refractivity contribution < 1.29 is 19.1 Å². The molecule has 2 aromatic carbocycles. The molecule has 0 saturated carbocycles. The second kappa shape index (κ2) is 9.40. The molecule has 4 rings (SSSR count). The first-order chi connectivity index (χ1) is 15.8. The molecule has 6 heteroatoms. The number of morpholine rings is 1. The van der Waals surface area contributed by atoms with Crippen molar-refractivity contribution in [3.8, 4) is 5.75 Å². The van der Waals surface area contributed by atoms with Gasteiger partial charge in [0, 0.05) is 13.1 Å². The Kier molecular flexibility index (Phi) is 6.56. The van der Waals surface area contributed by atoms with E-state index in [1.807, 2.05) is 75.1 Å². The average Bonchev–Trinajstić information content (AvgIpc) is 3.03. The van der Waals surface area contributed by atoms with E-state index in [9.17, 15) is 9.59 Å². The summed E-state index contributed by atoms with van der Waals surface area (Å²) in [6, 6.07) is 13.3. The minimum atomic E-state index is -0.294. The number of aryl methyl sites for hydroxylation is 2. The molecular formula is C27H32N2O4. The van der Waals surface area contributed by atoms with Gasteiger partial charge in [0.15, 0.2) is 0 Å². The topological polar surface area (TPSA) is 59.1 Å². The van der Waals surface area contributed by atoms with Crippen LogP contribution in [0.25, 0.3) is 5.57 Å². The molecule has 0 spiro atoms. The first kappa shape index (κ1) is 23.1. The van der Waals surface area contributed by atoms with Gasteiger partial charge in [0.1, 0.15) is 11.4 Å². The number of amides is 2. The van der Waals surface area contributed by atoms with Crippen LogP contribution in [-0.2, 0) is 14.3 Å². The number of nitrogens with zero attached hydrogens (tertiary/aromatic N) is 2. The van der Waals surface area contributed by atoms with Gasteiger partial charge in [-0.25, -0.2) is 4.90 Å². The summed E-state index contributed by atoms with van der Waals surface area (Å²) < 4.78 is 11.6. The number of rotatable bonds is 6. The van der Waals surface area contributed by atoms with Crippen molar-refractivity contribution in [2.24, 2.45) is 0 Å². The fraction of sp³-hybridized carbons (Fsp3) is 0.407. The molecule has 1 saturated heterocycles. The standard InChI is InChI=1S/C27H32N2O4/c1-6-13-32-22-11-9-21(10-12-22)24-25(28-15-19(4)33-20(5)16-28)27(31)29(26(24)30)23-14-17(2)7-8-18(23)3/h7-12,14,19-20H,6,13,15-16H2,1-5H3. The van der Waals surface area contributed by atoms with Gasteiger partial charge >= 0.3 is 0 Å². The first-order valence-corrected chi connectivity index (χ1v) is 11.6.